The van der Waals surface area contributed by atoms with E-state index < -0.39 is 22.6 Å². The van der Waals surface area contributed by atoms with Crippen molar-refractivity contribution in [2.75, 3.05) is 26.2 Å². The van der Waals surface area contributed by atoms with Crippen LogP contribution >= 0.6 is 11.6 Å². The smallest absolute Gasteiger partial charge is 0.303 e. The molecule has 5 rings (SSSR count). The van der Waals surface area contributed by atoms with Gasteiger partial charge in [0.2, 0.25) is 5.91 Å². The van der Waals surface area contributed by atoms with Crippen LogP contribution in [-0.4, -0.2) is 62.5 Å². The van der Waals surface area contributed by atoms with E-state index in [1.54, 1.807) is 6.20 Å². The number of rotatable bonds is 6. The highest BCUT2D eigenvalue weighted by Gasteiger charge is 2.30. The van der Waals surface area contributed by atoms with E-state index in [-0.39, 0.29) is 36.9 Å². The van der Waals surface area contributed by atoms with Crippen LogP contribution in [0.3, 0.4) is 0 Å². The standard InChI is InChI=1S/C26H27ClF2N4O3/c27-24-20(28)4-3-17(25(24)29)13-33-21-14-32(11-7-18(21)19-2-1-8-30-26(19)33)22(34)15-31-9-5-16(6-10-31)12-23(35)36/h1-4,8,16H,5-7,9-15H2,(H,35,36). The minimum atomic E-state index is -0.806. The summed E-state index contributed by atoms with van der Waals surface area (Å²) in [6, 6.07) is 6.37. The highest BCUT2D eigenvalue weighted by atomic mass is 35.5. The Labute approximate surface area is 212 Å². The zero-order valence-electron chi connectivity index (χ0n) is 19.7. The van der Waals surface area contributed by atoms with Gasteiger partial charge >= 0.3 is 5.97 Å². The molecule has 3 aromatic rings. The maximum Gasteiger partial charge on any atom is 0.303 e. The Kier molecular flexibility index (Phi) is 6.94. The summed E-state index contributed by atoms with van der Waals surface area (Å²) in [5.41, 5.74) is 2.92. The van der Waals surface area contributed by atoms with Gasteiger partial charge in [-0.05, 0) is 62.0 Å². The number of carbonyl (C=O) groups is 2. The van der Waals surface area contributed by atoms with Crippen molar-refractivity contribution in [1.82, 2.24) is 19.4 Å². The first-order valence-electron chi connectivity index (χ1n) is 12.1. The summed E-state index contributed by atoms with van der Waals surface area (Å²) >= 11 is 5.81. The van der Waals surface area contributed by atoms with Gasteiger partial charge in [0.15, 0.2) is 0 Å². The number of carbonyl (C=O) groups excluding carboxylic acids is 1. The second-order valence-corrected chi connectivity index (χ2v) is 9.98. The Morgan fingerprint density at radius 1 is 1.14 bits per heavy atom. The van der Waals surface area contributed by atoms with Crippen molar-refractivity contribution >= 4 is 34.5 Å². The number of pyridine rings is 1. The Morgan fingerprint density at radius 3 is 2.67 bits per heavy atom. The molecule has 2 aliphatic heterocycles. The van der Waals surface area contributed by atoms with E-state index in [4.69, 9.17) is 16.7 Å². The SMILES string of the molecule is O=C(O)CC1CCN(CC(=O)N2CCc3c(n(Cc4ccc(F)c(Cl)c4F)c4ncccc34)C2)CC1. The van der Waals surface area contributed by atoms with E-state index >= 15 is 0 Å². The molecular formula is C26H27ClF2N4O3. The Morgan fingerprint density at radius 2 is 1.92 bits per heavy atom. The first-order valence-corrected chi connectivity index (χ1v) is 12.5. The number of aromatic nitrogens is 2. The third kappa shape index (κ3) is 4.82. The van der Waals surface area contributed by atoms with E-state index in [1.807, 2.05) is 21.6 Å². The molecular weight excluding hydrogens is 490 g/mol. The van der Waals surface area contributed by atoms with Crippen molar-refractivity contribution in [1.29, 1.82) is 0 Å². The maximum absolute atomic E-state index is 14.7. The molecule has 10 heteroatoms. The summed E-state index contributed by atoms with van der Waals surface area (Å²) in [5, 5.41) is 9.45. The molecule has 0 spiro atoms. The highest BCUT2D eigenvalue weighted by molar-refractivity contribution is 6.30. The van der Waals surface area contributed by atoms with E-state index in [9.17, 15) is 18.4 Å². The molecule has 36 heavy (non-hydrogen) atoms. The van der Waals surface area contributed by atoms with Crippen LogP contribution in [0, 0.1) is 17.6 Å². The lowest BCUT2D eigenvalue weighted by Crippen LogP contribution is -2.45. The first kappa shape index (κ1) is 24.6. The molecule has 2 aliphatic rings. The van der Waals surface area contributed by atoms with Crippen molar-refractivity contribution in [3.8, 4) is 0 Å². The van der Waals surface area contributed by atoms with Crippen LogP contribution in [0.15, 0.2) is 30.5 Å². The summed E-state index contributed by atoms with van der Waals surface area (Å²) in [5.74, 6) is -2.20. The molecule has 0 unspecified atom stereocenters. The van der Waals surface area contributed by atoms with Gasteiger partial charge in [-0.3, -0.25) is 14.5 Å². The molecule has 0 saturated carbocycles. The van der Waals surface area contributed by atoms with Gasteiger partial charge in [0.25, 0.3) is 0 Å². The summed E-state index contributed by atoms with van der Waals surface area (Å²) in [4.78, 5) is 32.6. The lowest BCUT2D eigenvalue weighted by molar-refractivity contribution is -0.139. The summed E-state index contributed by atoms with van der Waals surface area (Å²) in [6.07, 6.45) is 4.05. The first-order chi connectivity index (χ1) is 17.3. The van der Waals surface area contributed by atoms with E-state index in [2.05, 4.69) is 9.88 Å². The second-order valence-electron chi connectivity index (χ2n) is 9.60. The predicted molar refractivity (Wildman–Crippen MR) is 131 cm³/mol. The molecule has 4 heterocycles. The molecule has 1 saturated heterocycles. The molecule has 0 radical (unpaired) electrons. The zero-order chi connectivity index (χ0) is 25.4. The number of carboxylic acid groups (broad SMARTS) is 1. The number of nitrogens with zero attached hydrogens (tertiary/aromatic N) is 4. The molecule has 0 bridgehead atoms. The Hall–Kier alpha value is -3.04. The monoisotopic (exact) mass is 516 g/mol. The number of piperidine rings is 1. The molecule has 0 aliphatic carbocycles. The van der Waals surface area contributed by atoms with Gasteiger partial charge in [-0.1, -0.05) is 17.7 Å². The van der Waals surface area contributed by atoms with Gasteiger partial charge in [0, 0.05) is 35.8 Å². The quantitative estimate of drug-likeness (QED) is 0.499. The largest absolute Gasteiger partial charge is 0.481 e. The number of hydrogen-bond acceptors (Lipinski definition) is 4. The minimum Gasteiger partial charge on any atom is -0.481 e. The lowest BCUT2D eigenvalue weighted by atomic mass is 9.93. The predicted octanol–water partition coefficient (Wildman–Crippen LogP) is 4.09. The van der Waals surface area contributed by atoms with Crippen LogP contribution in [-0.2, 0) is 29.1 Å². The highest BCUT2D eigenvalue weighted by Crippen LogP contribution is 2.32. The van der Waals surface area contributed by atoms with Gasteiger partial charge in [0.05, 0.1) is 19.6 Å². The van der Waals surface area contributed by atoms with Gasteiger partial charge in [-0.15, -0.1) is 0 Å². The van der Waals surface area contributed by atoms with Crippen LogP contribution in [0.5, 0.6) is 0 Å². The number of hydrogen-bond donors (Lipinski definition) is 1. The second kappa shape index (κ2) is 10.1. The molecule has 2 aromatic heterocycles. The van der Waals surface area contributed by atoms with Crippen LogP contribution < -0.4 is 0 Å². The molecule has 7 nitrogen and oxygen atoms in total. The van der Waals surface area contributed by atoms with Gasteiger partial charge in [-0.25, -0.2) is 13.8 Å². The number of aliphatic carboxylic acids is 1. The van der Waals surface area contributed by atoms with Crippen molar-refractivity contribution in [3.63, 3.8) is 0 Å². The van der Waals surface area contributed by atoms with Crippen LogP contribution in [0.4, 0.5) is 8.78 Å². The average Bonchev–Trinajstić information content (AvgIpc) is 3.18. The summed E-state index contributed by atoms with van der Waals surface area (Å²) < 4.78 is 30.3. The third-order valence-corrected chi connectivity index (χ3v) is 7.69. The minimum absolute atomic E-state index is 0.0121. The van der Waals surface area contributed by atoms with Gasteiger partial charge in [-0.2, -0.15) is 0 Å². The fourth-order valence-electron chi connectivity index (χ4n) is 5.39. The van der Waals surface area contributed by atoms with Crippen LogP contribution in [0.2, 0.25) is 5.02 Å². The summed E-state index contributed by atoms with van der Waals surface area (Å²) in [7, 11) is 0. The van der Waals surface area contributed by atoms with E-state index in [0.717, 1.165) is 35.6 Å². The zero-order valence-corrected chi connectivity index (χ0v) is 20.5. The van der Waals surface area contributed by atoms with Crippen molar-refractivity contribution in [2.24, 2.45) is 5.92 Å². The number of benzene rings is 1. The number of fused-ring (bicyclic) bond motifs is 3. The van der Waals surface area contributed by atoms with Gasteiger partial charge < -0.3 is 14.6 Å². The maximum atomic E-state index is 14.7. The van der Waals surface area contributed by atoms with E-state index in [1.165, 1.54) is 6.07 Å². The fraction of sp³-hybridized carbons (Fsp3) is 0.423. The fourth-order valence-corrected chi connectivity index (χ4v) is 5.57. The van der Waals surface area contributed by atoms with Crippen LogP contribution in [0.1, 0.15) is 36.1 Å². The molecule has 1 fully saturated rings. The average molecular weight is 517 g/mol. The lowest BCUT2D eigenvalue weighted by Gasteiger charge is -2.34. The normalized spacial score (nSPS) is 16.9. The number of amides is 1. The molecule has 1 amide bonds. The van der Waals surface area contributed by atoms with Crippen molar-refractivity contribution in [3.05, 3.63) is 63.9 Å². The van der Waals surface area contributed by atoms with Gasteiger partial charge in [0.1, 0.15) is 22.3 Å². The molecule has 1 N–H and O–H groups in total. The number of likely N-dealkylation sites (tertiary alicyclic amines) is 1. The van der Waals surface area contributed by atoms with Crippen molar-refractivity contribution in [2.45, 2.75) is 38.8 Å². The third-order valence-electron chi connectivity index (χ3n) is 7.34. The summed E-state index contributed by atoms with van der Waals surface area (Å²) in [6.45, 7) is 2.77. The Bertz CT molecular complexity index is 1320. The van der Waals surface area contributed by atoms with E-state index in [0.29, 0.717) is 38.2 Å². The number of halogens is 3. The molecule has 0 atom stereocenters. The molecule has 1 aromatic carbocycles. The number of carboxylic acids is 1. The Balaban J connectivity index is 1.35. The molecule has 190 valence electrons. The van der Waals surface area contributed by atoms with Crippen molar-refractivity contribution < 1.29 is 23.5 Å². The van der Waals surface area contributed by atoms with Crippen LogP contribution in [0.25, 0.3) is 11.0 Å². The topological polar surface area (TPSA) is 78.7 Å².